The van der Waals surface area contributed by atoms with Gasteiger partial charge in [0.15, 0.2) is 0 Å². The number of fused-ring (bicyclic) bond motifs is 1. The van der Waals surface area contributed by atoms with Gasteiger partial charge in [0.05, 0.1) is 17.0 Å². The van der Waals surface area contributed by atoms with E-state index in [0.29, 0.717) is 11.3 Å². The summed E-state index contributed by atoms with van der Waals surface area (Å²) in [5.74, 6) is -0.272. The van der Waals surface area contributed by atoms with Crippen LogP contribution in [0, 0.1) is 0 Å². The van der Waals surface area contributed by atoms with Crippen molar-refractivity contribution in [3.05, 3.63) is 53.5 Å². The molecule has 0 unspecified atom stereocenters. The molecule has 1 aliphatic carbocycles. The van der Waals surface area contributed by atoms with Gasteiger partial charge >= 0.3 is 5.97 Å². The van der Waals surface area contributed by atoms with Crippen LogP contribution >= 0.6 is 0 Å². The summed E-state index contributed by atoms with van der Waals surface area (Å²) < 4.78 is 5.34. The first-order valence-electron chi connectivity index (χ1n) is 6.47. The number of carbonyl (C=O) groups is 1. The first kappa shape index (κ1) is 12.5. The average Bonchev–Trinajstić information content (AvgIpc) is 2.91. The number of carboxylic acid groups (broad SMARTS) is 1. The molecule has 5 nitrogen and oxygen atoms in total. The lowest BCUT2D eigenvalue weighted by Crippen LogP contribution is -2.15. The Morgan fingerprint density at radius 1 is 1.25 bits per heavy atom. The summed E-state index contributed by atoms with van der Waals surface area (Å²) in [7, 11) is 0. The highest BCUT2D eigenvalue weighted by Gasteiger charge is 2.26. The molecule has 0 aliphatic heterocycles. The minimum Gasteiger partial charge on any atom is -0.478 e. The van der Waals surface area contributed by atoms with Crippen LogP contribution in [-0.4, -0.2) is 16.8 Å². The van der Waals surface area contributed by atoms with Gasteiger partial charge in [-0.15, -0.1) is 0 Å². The number of rotatable bonds is 3. The summed E-state index contributed by atoms with van der Waals surface area (Å²) in [6.45, 7) is 0. The van der Waals surface area contributed by atoms with Gasteiger partial charge in [-0.3, -0.25) is 5.43 Å². The van der Waals surface area contributed by atoms with E-state index >= 15 is 0 Å². The molecule has 20 heavy (non-hydrogen) atoms. The standard InChI is InChI=1S/C15H14N2O3/c18-15(19)11-9-20-13-8-4-7-12(14(11)13)17-16-10-5-2-1-3-6-10/h1-3,5-6,9,16H,4,7-8H2,(H,18,19). The van der Waals surface area contributed by atoms with Crippen LogP contribution in [0.4, 0.5) is 5.69 Å². The van der Waals surface area contributed by atoms with Crippen molar-refractivity contribution in [1.82, 2.24) is 0 Å². The predicted molar refractivity (Wildman–Crippen MR) is 75.2 cm³/mol. The van der Waals surface area contributed by atoms with Gasteiger partial charge < -0.3 is 9.52 Å². The quantitative estimate of drug-likeness (QED) is 0.840. The number of nitrogens with one attached hydrogen (secondary N) is 1. The van der Waals surface area contributed by atoms with E-state index in [0.717, 1.165) is 30.7 Å². The van der Waals surface area contributed by atoms with Crippen LogP contribution in [0.1, 0.15) is 34.5 Å². The van der Waals surface area contributed by atoms with Gasteiger partial charge in [0.25, 0.3) is 0 Å². The molecule has 0 bridgehead atoms. The lowest BCUT2D eigenvalue weighted by Gasteiger charge is -2.13. The number of carboxylic acids is 1. The van der Waals surface area contributed by atoms with Gasteiger partial charge in [-0.05, 0) is 25.0 Å². The molecule has 0 fully saturated rings. The number of anilines is 1. The zero-order valence-electron chi connectivity index (χ0n) is 10.8. The number of para-hydroxylation sites is 1. The molecule has 0 radical (unpaired) electrons. The number of furan rings is 1. The molecule has 1 aromatic heterocycles. The van der Waals surface area contributed by atoms with Crippen molar-refractivity contribution in [1.29, 1.82) is 0 Å². The molecule has 2 aromatic rings. The number of aryl methyl sites for hydroxylation is 1. The third kappa shape index (κ3) is 2.30. The molecule has 1 heterocycles. The summed E-state index contributed by atoms with van der Waals surface area (Å²) in [4.78, 5) is 11.2. The van der Waals surface area contributed by atoms with Crippen molar-refractivity contribution >= 4 is 17.4 Å². The lowest BCUT2D eigenvalue weighted by atomic mass is 9.93. The van der Waals surface area contributed by atoms with E-state index < -0.39 is 5.97 Å². The Morgan fingerprint density at radius 3 is 2.80 bits per heavy atom. The van der Waals surface area contributed by atoms with Crippen molar-refractivity contribution in [3.63, 3.8) is 0 Å². The number of hydrazone groups is 1. The van der Waals surface area contributed by atoms with Gasteiger partial charge in [0.1, 0.15) is 17.6 Å². The van der Waals surface area contributed by atoms with Crippen LogP contribution < -0.4 is 5.43 Å². The molecule has 0 saturated carbocycles. The van der Waals surface area contributed by atoms with E-state index in [1.54, 1.807) is 0 Å². The normalized spacial score (nSPS) is 15.9. The number of nitrogens with zero attached hydrogens (tertiary/aromatic N) is 1. The summed E-state index contributed by atoms with van der Waals surface area (Å²) in [5.41, 5.74) is 5.39. The molecule has 0 saturated heterocycles. The fourth-order valence-corrected chi connectivity index (χ4v) is 2.35. The second kappa shape index (κ2) is 5.21. The predicted octanol–water partition coefficient (Wildman–Crippen LogP) is 3.13. The molecule has 0 amide bonds. The highest BCUT2D eigenvalue weighted by atomic mass is 16.4. The van der Waals surface area contributed by atoms with E-state index in [-0.39, 0.29) is 5.56 Å². The van der Waals surface area contributed by atoms with Crippen LogP contribution in [0.25, 0.3) is 0 Å². The monoisotopic (exact) mass is 270 g/mol. The second-order valence-electron chi connectivity index (χ2n) is 4.64. The number of hydrogen-bond donors (Lipinski definition) is 2. The highest BCUT2D eigenvalue weighted by Crippen LogP contribution is 2.27. The van der Waals surface area contributed by atoms with Crippen molar-refractivity contribution in [2.24, 2.45) is 5.10 Å². The maximum atomic E-state index is 11.2. The molecule has 5 heteroatoms. The molecule has 1 aromatic carbocycles. The van der Waals surface area contributed by atoms with E-state index in [4.69, 9.17) is 4.42 Å². The van der Waals surface area contributed by atoms with Crippen molar-refractivity contribution < 1.29 is 14.3 Å². The van der Waals surface area contributed by atoms with E-state index in [1.165, 1.54) is 6.26 Å². The summed E-state index contributed by atoms with van der Waals surface area (Å²) in [6, 6.07) is 9.56. The number of aromatic carboxylic acids is 1. The zero-order valence-corrected chi connectivity index (χ0v) is 10.8. The zero-order chi connectivity index (χ0) is 13.9. The van der Waals surface area contributed by atoms with Crippen LogP contribution in [0.15, 0.2) is 46.1 Å². The molecule has 3 rings (SSSR count). The lowest BCUT2D eigenvalue weighted by molar-refractivity contribution is 0.0696. The Hall–Kier alpha value is -2.56. The van der Waals surface area contributed by atoms with Crippen LogP contribution in [-0.2, 0) is 6.42 Å². The summed E-state index contributed by atoms with van der Waals surface area (Å²) in [6.07, 6.45) is 3.71. The Morgan fingerprint density at radius 2 is 2.05 bits per heavy atom. The Bertz CT molecular complexity index is 659. The SMILES string of the molecule is O=C(O)c1coc2c1C(=NNc1ccccc1)CCC2. The fourth-order valence-electron chi connectivity index (χ4n) is 2.35. The Kier molecular flexibility index (Phi) is 3.25. The van der Waals surface area contributed by atoms with Crippen molar-refractivity contribution in [3.8, 4) is 0 Å². The molecule has 0 atom stereocenters. The third-order valence-corrected chi connectivity index (χ3v) is 3.30. The van der Waals surface area contributed by atoms with E-state index in [2.05, 4.69) is 10.5 Å². The second-order valence-corrected chi connectivity index (χ2v) is 4.64. The summed E-state index contributed by atoms with van der Waals surface area (Å²) >= 11 is 0. The van der Waals surface area contributed by atoms with Gasteiger partial charge in [-0.25, -0.2) is 4.79 Å². The molecular formula is C15H14N2O3. The van der Waals surface area contributed by atoms with Gasteiger partial charge in [0.2, 0.25) is 0 Å². The molecule has 1 aliphatic rings. The Balaban J connectivity index is 1.93. The smallest absolute Gasteiger partial charge is 0.339 e. The van der Waals surface area contributed by atoms with Gasteiger partial charge in [0, 0.05) is 6.42 Å². The first-order valence-corrected chi connectivity index (χ1v) is 6.47. The maximum absolute atomic E-state index is 11.2. The minimum atomic E-state index is -0.982. The maximum Gasteiger partial charge on any atom is 0.339 e. The molecule has 0 spiro atoms. The topological polar surface area (TPSA) is 74.8 Å². The third-order valence-electron chi connectivity index (χ3n) is 3.30. The molecular weight excluding hydrogens is 256 g/mol. The van der Waals surface area contributed by atoms with Crippen molar-refractivity contribution in [2.75, 3.05) is 5.43 Å². The van der Waals surface area contributed by atoms with Crippen molar-refractivity contribution in [2.45, 2.75) is 19.3 Å². The number of benzene rings is 1. The average molecular weight is 270 g/mol. The van der Waals surface area contributed by atoms with Gasteiger partial charge in [-0.1, -0.05) is 18.2 Å². The fraction of sp³-hybridized carbons (Fsp3) is 0.200. The molecule has 102 valence electrons. The van der Waals surface area contributed by atoms with E-state index in [9.17, 15) is 9.90 Å². The Labute approximate surface area is 115 Å². The minimum absolute atomic E-state index is 0.188. The number of hydrogen-bond acceptors (Lipinski definition) is 4. The molecule has 2 N–H and O–H groups in total. The highest BCUT2D eigenvalue weighted by molar-refractivity contribution is 6.10. The summed E-state index contributed by atoms with van der Waals surface area (Å²) in [5, 5.41) is 13.6. The first-order chi connectivity index (χ1) is 9.75. The van der Waals surface area contributed by atoms with E-state index in [1.807, 2.05) is 30.3 Å². The van der Waals surface area contributed by atoms with Gasteiger partial charge in [-0.2, -0.15) is 5.10 Å². The largest absolute Gasteiger partial charge is 0.478 e. The van der Waals surface area contributed by atoms with Crippen LogP contribution in [0.5, 0.6) is 0 Å². The van der Waals surface area contributed by atoms with Crippen LogP contribution in [0.3, 0.4) is 0 Å². The van der Waals surface area contributed by atoms with Crippen LogP contribution in [0.2, 0.25) is 0 Å².